The van der Waals surface area contributed by atoms with Crippen LogP contribution in [0.3, 0.4) is 0 Å². The summed E-state index contributed by atoms with van der Waals surface area (Å²) in [6.45, 7) is 1.15. The van der Waals surface area contributed by atoms with Gasteiger partial charge in [0, 0.05) is 6.92 Å². The molecule has 124 valence electrons. The van der Waals surface area contributed by atoms with Gasteiger partial charge in [0.2, 0.25) is 0 Å². The normalized spacial score (nSPS) is 11.0. The van der Waals surface area contributed by atoms with E-state index < -0.39 is 11.7 Å². The van der Waals surface area contributed by atoms with Gasteiger partial charge in [-0.15, -0.1) is 0 Å². The molecule has 24 heavy (non-hydrogen) atoms. The van der Waals surface area contributed by atoms with Crippen LogP contribution in [-0.2, 0) is 12.8 Å². The molecule has 0 radical (unpaired) electrons. The Morgan fingerprint density at radius 2 is 2.04 bits per heavy atom. The molecule has 0 spiro atoms. The molecule has 0 fully saturated rings. The molecular weight excluding hydrogens is 345 g/mol. The zero-order valence-electron chi connectivity index (χ0n) is 12.3. The summed E-state index contributed by atoms with van der Waals surface area (Å²) in [7, 11) is 0. The second-order valence-corrected chi connectivity index (χ2v) is 5.24. The number of benzene rings is 1. The molecule has 0 aliphatic rings. The fourth-order valence-corrected chi connectivity index (χ4v) is 2.09. The van der Waals surface area contributed by atoms with Gasteiger partial charge in [-0.3, -0.25) is 4.79 Å². The molecule has 0 saturated carbocycles. The van der Waals surface area contributed by atoms with E-state index in [1.54, 1.807) is 0 Å². The minimum atomic E-state index is -4.50. The number of aromatic nitrogens is 1. The lowest BCUT2D eigenvalue weighted by Gasteiger charge is -2.11. The van der Waals surface area contributed by atoms with E-state index in [4.69, 9.17) is 21.6 Å². The maximum Gasteiger partial charge on any atom is 0.416 e. The lowest BCUT2D eigenvalue weighted by atomic mass is 10.1. The van der Waals surface area contributed by atoms with E-state index in [2.05, 4.69) is 4.98 Å². The maximum atomic E-state index is 12.6. The highest BCUT2D eigenvalue weighted by Crippen LogP contribution is 2.34. The van der Waals surface area contributed by atoms with E-state index in [0.717, 1.165) is 18.2 Å². The number of rotatable bonds is 4. The zero-order valence-corrected chi connectivity index (χ0v) is 13.1. The number of Topliss-reactive ketones (excluding diaryl/α,β-unsaturated/α-hetero) is 1. The van der Waals surface area contributed by atoms with Crippen molar-refractivity contribution in [3.63, 3.8) is 0 Å². The Morgan fingerprint density at radius 1 is 1.33 bits per heavy atom. The van der Waals surface area contributed by atoms with Gasteiger partial charge in [0.05, 0.1) is 27.9 Å². The summed E-state index contributed by atoms with van der Waals surface area (Å²) in [5, 5.41) is 8.75. The molecule has 8 heteroatoms. The van der Waals surface area contributed by atoms with Crippen molar-refractivity contribution in [2.75, 3.05) is 0 Å². The van der Waals surface area contributed by atoms with Crippen molar-refractivity contribution in [3.05, 3.63) is 57.9 Å². The van der Waals surface area contributed by atoms with E-state index in [1.165, 1.54) is 19.1 Å². The van der Waals surface area contributed by atoms with Crippen molar-refractivity contribution in [1.29, 1.82) is 5.26 Å². The van der Waals surface area contributed by atoms with Gasteiger partial charge in [-0.05, 0) is 30.3 Å². The van der Waals surface area contributed by atoms with Crippen molar-refractivity contribution in [2.45, 2.75) is 19.7 Å². The van der Waals surface area contributed by atoms with E-state index in [-0.39, 0.29) is 40.1 Å². The molecule has 0 N–H and O–H groups in total. The molecule has 0 saturated heterocycles. The van der Waals surface area contributed by atoms with Gasteiger partial charge < -0.3 is 4.74 Å². The second kappa shape index (κ2) is 6.89. The summed E-state index contributed by atoms with van der Waals surface area (Å²) in [6.07, 6.45) is -4.50. The fraction of sp³-hybridized carbons (Fsp3) is 0.188. The number of ketones is 1. The van der Waals surface area contributed by atoms with Crippen molar-refractivity contribution < 1.29 is 22.7 Å². The van der Waals surface area contributed by atoms with Gasteiger partial charge in [0.25, 0.3) is 0 Å². The van der Waals surface area contributed by atoms with E-state index >= 15 is 0 Å². The standard InChI is InChI=1S/C16H10ClF3N2O2/c1-9(23)14-5-10(7-21)4-12(22-14)8-24-15-3-2-11(6-13(15)17)16(18,19)20/h2-6H,8H2,1H3. The largest absolute Gasteiger partial charge is 0.486 e. The molecule has 0 bridgehead atoms. The number of nitriles is 1. The summed E-state index contributed by atoms with van der Waals surface area (Å²) in [4.78, 5) is 15.4. The summed E-state index contributed by atoms with van der Waals surface area (Å²) in [5.74, 6) is -0.279. The van der Waals surface area contributed by atoms with Crippen LogP contribution in [0.1, 0.15) is 34.2 Å². The van der Waals surface area contributed by atoms with Crippen LogP contribution in [0, 0.1) is 11.3 Å². The molecule has 2 aromatic rings. The molecule has 2 rings (SSSR count). The molecule has 1 heterocycles. The average Bonchev–Trinajstić information content (AvgIpc) is 2.52. The number of nitrogens with zero attached hydrogens (tertiary/aromatic N) is 2. The van der Waals surface area contributed by atoms with Crippen molar-refractivity contribution in [1.82, 2.24) is 4.98 Å². The monoisotopic (exact) mass is 354 g/mol. The number of ether oxygens (including phenoxy) is 1. The Bertz CT molecular complexity index is 829. The van der Waals surface area contributed by atoms with E-state index in [9.17, 15) is 18.0 Å². The third kappa shape index (κ3) is 4.24. The third-order valence-corrected chi connectivity index (χ3v) is 3.30. The molecule has 0 unspecified atom stereocenters. The molecule has 4 nitrogen and oxygen atoms in total. The summed E-state index contributed by atoms with van der Waals surface area (Å²) in [6, 6.07) is 7.37. The van der Waals surface area contributed by atoms with Crippen LogP contribution in [-0.4, -0.2) is 10.8 Å². The second-order valence-electron chi connectivity index (χ2n) is 4.83. The number of carbonyl (C=O) groups excluding carboxylic acids is 1. The number of hydrogen-bond acceptors (Lipinski definition) is 4. The topological polar surface area (TPSA) is 63.0 Å². The summed E-state index contributed by atoms with van der Waals surface area (Å²) >= 11 is 5.79. The van der Waals surface area contributed by atoms with Gasteiger partial charge in [-0.1, -0.05) is 11.6 Å². The number of alkyl halides is 3. The predicted octanol–water partition coefficient (Wildman–Crippen LogP) is 4.41. The zero-order chi connectivity index (χ0) is 17.9. The Balaban J connectivity index is 2.21. The maximum absolute atomic E-state index is 12.6. The average molecular weight is 355 g/mol. The SMILES string of the molecule is CC(=O)c1cc(C#N)cc(COc2ccc(C(F)(F)F)cc2Cl)n1. The number of carbonyl (C=O) groups is 1. The number of halogens is 4. The predicted molar refractivity (Wildman–Crippen MR) is 79.7 cm³/mol. The van der Waals surface area contributed by atoms with Crippen LogP contribution >= 0.6 is 11.6 Å². The first-order valence-electron chi connectivity index (χ1n) is 6.62. The smallest absolute Gasteiger partial charge is 0.416 e. The highest BCUT2D eigenvalue weighted by molar-refractivity contribution is 6.32. The summed E-state index contributed by atoms with van der Waals surface area (Å²) < 4.78 is 43.1. The van der Waals surface area contributed by atoms with Crippen LogP contribution in [0.4, 0.5) is 13.2 Å². The lowest BCUT2D eigenvalue weighted by molar-refractivity contribution is -0.137. The highest BCUT2D eigenvalue weighted by atomic mass is 35.5. The first-order valence-corrected chi connectivity index (χ1v) is 7.00. The van der Waals surface area contributed by atoms with Crippen LogP contribution in [0.5, 0.6) is 5.75 Å². The van der Waals surface area contributed by atoms with Crippen LogP contribution in [0.2, 0.25) is 5.02 Å². The highest BCUT2D eigenvalue weighted by Gasteiger charge is 2.31. The van der Waals surface area contributed by atoms with Crippen molar-refractivity contribution in [3.8, 4) is 11.8 Å². The molecule has 0 aliphatic heterocycles. The molecule has 0 aliphatic carbocycles. The minimum Gasteiger partial charge on any atom is -0.486 e. The Kier molecular flexibility index (Phi) is 5.10. The van der Waals surface area contributed by atoms with E-state index in [0.29, 0.717) is 0 Å². The fourth-order valence-electron chi connectivity index (χ4n) is 1.85. The van der Waals surface area contributed by atoms with Crippen molar-refractivity contribution in [2.24, 2.45) is 0 Å². The van der Waals surface area contributed by atoms with E-state index in [1.807, 2.05) is 6.07 Å². The minimum absolute atomic E-state index is 0.0400. The Labute approximate surface area is 140 Å². The summed E-state index contributed by atoms with van der Waals surface area (Å²) in [5.41, 5.74) is -0.267. The van der Waals surface area contributed by atoms with Crippen LogP contribution in [0.25, 0.3) is 0 Å². The molecule has 1 aromatic heterocycles. The quantitative estimate of drug-likeness (QED) is 0.763. The lowest BCUT2D eigenvalue weighted by Crippen LogP contribution is -2.06. The Hall–Kier alpha value is -2.59. The third-order valence-electron chi connectivity index (χ3n) is 3.00. The number of pyridine rings is 1. The first kappa shape index (κ1) is 17.8. The first-order chi connectivity index (χ1) is 11.2. The Morgan fingerprint density at radius 3 is 2.58 bits per heavy atom. The van der Waals surface area contributed by atoms with Crippen LogP contribution < -0.4 is 4.74 Å². The molecular formula is C16H10ClF3N2O2. The van der Waals surface area contributed by atoms with Crippen molar-refractivity contribution >= 4 is 17.4 Å². The van der Waals surface area contributed by atoms with Gasteiger partial charge in [-0.2, -0.15) is 18.4 Å². The molecule has 0 amide bonds. The molecule has 0 atom stereocenters. The number of hydrogen-bond donors (Lipinski definition) is 0. The van der Waals surface area contributed by atoms with Gasteiger partial charge >= 0.3 is 6.18 Å². The van der Waals surface area contributed by atoms with Gasteiger partial charge in [0.1, 0.15) is 18.1 Å². The molecule has 1 aromatic carbocycles. The van der Waals surface area contributed by atoms with Crippen LogP contribution in [0.15, 0.2) is 30.3 Å². The van der Waals surface area contributed by atoms with Gasteiger partial charge in [0.15, 0.2) is 5.78 Å². The van der Waals surface area contributed by atoms with Gasteiger partial charge in [-0.25, -0.2) is 4.98 Å².